The number of rotatable bonds is 10. The molecule has 0 aliphatic heterocycles. The molecule has 1 rings (SSSR count). The van der Waals surface area contributed by atoms with E-state index in [1.165, 1.54) is 61.6 Å². The molecular formula is C19H33N. The number of benzene rings is 1. The summed E-state index contributed by atoms with van der Waals surface area (Å²) in [7, 11) is 0. The minimum Gasteiger partial charge on any atom is -0.310 e. The average Bonchev–Trinajstić information content (AvgIpc) is 2.45. The van der Waals surface area contributed by atoms with Crippen molar-refractivity contribution in [2.75, 3.05) is 6.54 Å². The van der Waals surface area contributed by atoms with Crippen LogP contribution in [-0.4, -0.2) is 6.54 Å². The van der Waals surface area contributed by atoms with E-state index in [1.807, 2.05) is 0 Å². The maximum Gasteiger partial charge on any atom is 0.0320 e. The van der Waals surface area contributed by atoms with E-state index in [0.29, 0.717) is 6.04 Å². The predicted molar refractivity (Wildman–Crippen MR) is 90.3 cm³/mol. The van der Waals surface area contributed by atoms with Gasteiger partial charge >= 0.3 is 0 Å². The van der Waals surface area contributed by atoms with Crippen molar-refractivity contribution in [3.63, 3.8) is 0 Å². The van der Waals surface area contributed by atoms with E-state index in [-0.39, 0.29) is 0 Å². The molecule has 0 saturated heterocycles. The lowest BCUT2D eigenvalue weighted by molar-refractivity contribution is 0.468. The molecule has 114 valence electrons. The summed E-state index contributed by atoms with van der Waals surface area (Å²) in [5, 5.41) is 3.72. The second kappa shape index (κ2) is 9.99. The van der Waals surface area contributed by atoms with Gasteiger partial charge in [0.2, 0.25) is 0 Å². The fourth-order valence-electron chi connectivity index (χ4n) is 2.64. The van der Waals surface area contributed by atoms with Crippen LogP contribution in [0.2, 0.25) is 0 Å². The van der Waals surface area contributed by atoms with Crippen molar-refractivity contribution >= 4 is 0 Å². The Morgan fingerprint density at radius 1 is 0.900 bits per heavy atom. The van der Waals surface area contributed by atoms with Crippen molar-refractivity contribution in [3.05, 3.63) is 34.9 Å². The van der Waals surface area contributed by atoms with E-state index in [9.17, 15) is 0 Å². The minimum atomic E-state index is 0.538. The van der Waals surface area contributed by atoms with Crippen LogP contribution in [0.3, 0.4) is 0 Å². The molecule has 0 aliphatic carbocycles. The van der Waals surface area contributed by atoms with Crippen molar-refractivity contribution in [1.29, 1.82) is 0 Å². The van der Waals surface area contributed by atoms with Crippen molar-refractivity contribution in [3.8, 4) is 0 Å². The summed E-state index contributed by atoms with van der Waals surface area (Å²) >= 11 is 0. The fraction of sp³-hybridized carbons (Fsp3) is 0.684. The Labute approximate surface area is 126 Å². The predicted octanol–water partition coefficient (Wildman–Crippen LogP) is 5.70. The topological polar surface area (TPSA) is 12.0 Å². The van der Waals surface area contributed by atoms with Crippen LogP contribution >= 0.6 is 0 Å². The highest BCUT2D eigenvalue weighted by molar-refractivity contribution is 5.31. The molecular weight excluding hydrogens is 242 g/mol. The highest BCUT2D eigenvalue weighted by atomic mass is 14.9. The van der Waals surface area contributed by atoms with Crippen LogP contribution in [0.25, 0.3) is 0 Å². The lowest BCUT2D eigenvalue weighted by Gasteiger charge is -2.20. The Morgan fingerprint density at radius 3 is 2.30 bits per heavy atom. The first kappa shape index (κ1) is 17.2. The first-order valence-corrected chi connectivity index (χ1v) is 8.49. The van der Waals surface area contributed by atoms with Crippen LogP contribution in [0, 0.1) is 13.8 Å². The van der Waals surface area contributed by atoms with E-state index >= 15 is 0 Å². The highest BCUT2D eigenvalue weighted by Crippen LogP contribution is 2.22. The zero-order valence-electron chi connectivity index (χ0n) is 14.0. The molecule has 1 N–H and O–H groups in total. The summed E-state index contributed by atoms with van der Waals surface area (Å²) < 4.78 is 0. The molecule has 1 atom stereocenters. The van der Waals surface area contributed by atoms with E-state index < -0.39 is 0 Å². The summed E-state index contributed by atoms with van der Waals surface area (Å²) in [5.41, 5.74) is 4.28. The van der Waals surface area contributed by atoms with Gasteiger partial charge in [-0.3, -0.25) is 0 Å². The highest BCUT2D eigenvalue weighted by Gasteiger charge is 2.10. The summed E-state index contributed by atoms with van der Waals surface area (Å²) in [6.07, 6.45) is 9.30. The average molecular weight is 275 g/mol. The van der Waals surface area contributed by atoms with Gasteiger partial charge in [0.15, 0.2) is 0 Å². The summed E-state index contributed by atoms with van der Waals surface area (Å²) in [5.74, 6) is 0. The maximum absolute atomic E-state index is 3.72. The van der Waals surface area contributed by atoms with Crippen LogP contribution in [0.4, 0.5) is 0 Å². The zero-order chi connectivity index (χ0) is 14.8. The van der Waals surface area contributed by atoms with Gasteiger partial charge in [-0.05, 0) is 49.9 Å². The number of hydrogen-bond acceptors (Lipinski definition) is 1. The molecule has 0 heterocycles. The molecule has 0 fully saturated rings. The maximum atomic E-state index is 3.72. The van der Waals surface area contributed by atoms with Crippen molar-refractivity contribution < 1.29 is 0 Å². The fourth-order valence-corrected chi connectivity index (χ4v) is 2.64. The van der Waals surface area contributed by atoms with Crippen molar-refractivity contribution in [2.24, 2.45) is 0 Å². The van der Waals surface area contributed by atoms with Gasteiger partial charge in [0.1, 0.15) is 0 Å². The first-order chi connectivity index (χ1) is 9.69. The Balaban J connectivity index is 2.55. The van der Waals surface area contributed by atoms with E-state index in [0.717, 1.165) is 6.54 Å². The Kier molecular flexibility index (Phi) is 8.60. The Morgan fingerprint density at radius 2 is 1.65 bits per heavy atom. The van der Waals surface area contributed by atoms with E-state index in [2.05, 4.69) is 51.2 Å². The first-order valence-electron chi connectivity index (χ1n) is 8.49. The van der Waals surface area contributed by atoms with Gasteiger partial charge in [0.25, 0.3) is 0 Å². The standard InChI is InChI=1S/C19H33N/c1-5-7-8-9-10-11-19(20-14-6-2)18-13-12-16(3)17(4)15-18/h12-13,15,19-20H,5-11,14H2,1-4H3. The smallest absolute Gasteiger partial charge is 0.0320 e. The number of hydrogen-bond donors (Lipinski definition) is 1. The van der Waals surface area contributed by atoms with E-state index in [1.54, 1.807) is 0 Å². The molecule has 20 heavy (non-hydrogen) atoms. The van der Waals surface area contributed by atoms with Gasteiger partial charge in [-0.15, -0.1) is 0 Å². The van der Waals surface area contributed by atoms with Gasteiger partial charge in [0.05, 0.1) is 0 Å². The molecule has 1 heteroatoms. The van der Waals surface area contributed by atoms with Crippen LogP contribution in [-0.2, 0) is 0 Å². The Hall–Kier alpha value is -0.820. The van der Waals surface area contributed by atoms with Gasteiger partial charge in [-0.1, -0.05) is 64.2 Å². The molecule has 1 aromatic rings. The summed E-state index contributed by atoms with van der Waals surface area (Å²) in [4.78, 5) is 0. The third-order valence-corrected chi connectivity index (χ3v) is 4.17. The zero-order valence-corrected chi connectivity index (χ0v) is 14.0. The van der Waals surface area contributed by atoms with Gasteiger partial charge in [0, 0.05) is 6.04 Å². The third kappa shape index (κ3) is 6.09. The van der Waals surface area contributed by atoms with Crippen molar-refractivity contribution in [1.82, 2.24) is 5.32 Å². The van der Waals surface area contributed by atoms with Crippen LogP contribution < -0.4 is 5.32 Å². The molecule has 1 nitrogen and oxygen atoms in total. The molecule has 0 saturated carbocycles. The minimum absolute atomic E-state index is 0.538. The van der Waals surface area contributed by atoms with Gasteiger partial charge < -0.3 is 5.32 Å². The normalized spacial score (nSPS) is 12.6. The van der Waals surface area contributed by atoms with Crippen LogP contribution in [0.15, 0.2) is 18.2 Å². The second-order valence-corrected chi connectivity index (χ2v) is 6.05. The largest absolute Gasteiger partial charge is 0.310 e. The molecule has 0 amide bonds. The monoisotopic (exact) mass is 275 g/mol. The molecule has 1 unspecified atom stereocenters. The SMILES string of the molecule is CCCCCCCC(NCCC)c1ccc(C)c(C)c1. The number of unbranched alkanes of at least 4 members (excludes halogenated alkanes) is 4. The molecule has 1 aromatic carbocycles. The third-order valence-electron chi connectivity index (χ3n) is 4.17. The van der Waals surface area contributed by atoms with Crippen molar-refractivity contribution in [2.45, 2.75) is 78.7 Å². The Bertz CT molecular complexity index is 370. The van der Waals surface area contributed by atoms with Crippen LogP contribution in [0.1, 0.15) is 81.5 Å². The summed E-state index contributed by atoms with van der Waals surface area (Å²) in [6, 6.07) is 7.48. The molecule has 0 bridgehead atoms. The quantitative estimate of drug-likeness (QED) is 0.540. The molecule has 0 spiro atoms. The number of nitrogens with one attached hydrogen (secondary N) is 1. The second-order valence-electron chi connectivity index (χ2n) is 6.05. The molecule has 0 aliphatic rings. The van der Waals surface area contributed by atoms with Gasteiger partial charge in [-0.25, -0.2) is 0 Å². The lowest BCUT2D eigenvalue weighted by atomic mass is 9.96. The van der Waals surface area contributed by atoms with Crippen LogP contribution in [0.5, 0.6) is 0 Å². The lowest BCUT2D eigenvalue weighted by Crippen LogP contribution is -2.22. The van der Waals surface area contributed by atoms with E-state index in [4.69, 9.17) is 0 Å². The number of aryl methyl sites for hydroxylation is 2. The molecule has 0 radical (unpaired) electrons. The summed E-state index contributed by atoms with van der Waals surface area (Å²) in [6.45, 7) is 10.0. The van der Waals surface area contributed by atoms with Gasteiger partial charge in [-0.2, -0.15) is 0 Å². The molecule has 0 aromatic heterocycles.